The van der Waals surface area contributed by atoms with Gasteiger partial charge in [0.25, 0.3) is 0 Å². The van der Waals surface area contributed by atoms with E-state index in [4.69, 9.17) is 0 Å². The molecule has 0 saturated heterocycles. The lowest BCUT2D eigenvalue weighted by Crippen LogP contribution is -2.33. The summed E-state index contributed by atoms with van der Waals surface area (Å²) in [4.78, 5) is 0. The summed E-state index contributed by atoms with van der Waals surface area (Å²) >= 11 is 0. The zero-order valence-corrected chi connectivity index (χ0v) is 12.8. The highest BCUT2D eigenvalue weighted by Crippen LogP contribution is 2.23. The monoisotopic (exact) mass is 316 g/mol. The highest BCUT2D eigenvalue weighted by molar-refractivity contribution is 4.68. The lowest BCUT2D eigenvalue weighted by molar-refractivity contribution is -0.170. The van der Waals surface area contributed by atoms with Crippen molar-refractivity contribution in [1.82, 2.24) is 0 Å². The van der Waals surface area contributed by atoms with E-state index in [1.54, 1.807) is 0 Å². The predicted octanol–water partition coefficient (Wildman–Crippen LogP) is 4.80. The maximum atomic E-state index is 12.5. The molecule has 0 aliphatic carbocycles. The molecule has 0 bridgehead atoms. The minimum Gasteiger partial charge on any atom is -0.391 e. The first kappa shape index (κ1) is 20.6. The molecule has 0 radical (unpaired) electrons. The van der Waals surface area contributed by atoms with Crippen molar-refractivity contribution >= 4 is 0 Å². The van der Waals surface area contributed by atoms with Crippen molar-refractivity contribution in [3.63, 3.8) is 0 Å². The van der Waals surface area contributed by atoms with Crippen LogP contribution in [0.5, 0.6) is 0 Å². The summed E-state index contributed by atoms with van der Waals surface area (Å²) < 4.78 is 53.2. The van der Waals surface area contributed by atoms with Crippen molar-refractivity contribution in [3.05, 3.63) is 0 Å². The van der Waals surface area contributed by atoms with Gasteiger partial charge in [0, 0.05) is 0 Å². The number of alkyl halides is 4. The minimum absolute atomic E-state index is 0.321. The van der Waals surface area contributed by atoms with Crippen LogP contribution in [0.15, 0.2) is 0 Å². The van der Waals surface area contributed by atoms with Crippen LogP contribution in [-0.4, -0.2) is 36.8 Å². The minimum atomic E-state index is -4.14. The Bertz CT molecular complexity index is 238. The molecule has 0 aliphatic heterocycles. The number of halogens is 4. The number of aliphatic hydroxyl groups is 1. The smallest absolute Gasteiger partial charge is 0.330 e. The molecule has 6 heteroatoms. The Kier molecular flexibility index (Phi) is 12.0. The first-order valence-corrected chi connectivity index (χ1v) is 7.82. The van der Waals surface area contributed by atoms with Gasteiger partial charge in [0.1, 0.15) is 6.61 Å². The van der Waals surface area contributed by atoms with Crippen LogP contribution in [0.4, 0.5) is 17.6 Å². The molecule has 0 heterocycles. The highest BCUT2D eigenvalue weighted by atomic mass is 19.3. The molecule has 0 saturated carbocycles. The maximum absolute atomic E-state index is 12.5. The molecule has 1 atom stereocenters. The average molecular weight is 316 g/mol. The molecule has 1 unspecified atom stereocenters. The van der Waals surface area contributed by atoms with Gasteiger partial charge in [-0.05, 0) is 6.42 Å². The molecule has 2 nitrogen and oxygen atoms in total. The largest absolute Gasteiger partial charge is 0.391 e. The maximum Gasteiger partial charge on any atom is 0.330 e. The van der Waals surface area contributed by atoms with Crippen molar-refractivity contribution in [2.45, 2.75) is 83.2 Å². The molecule has 0 spiro atoms. The standard InChI is InChI=1S/C15H28F4O2/c1-2-3-4-5-6-7-8-9-10-13(20)11-21-12-15(18,19)14(16)17/h13-14,20H,2-12H2,1H3. The first-order valence-electron chi connectivity index (χ1n) is 7.82. The van der Waals surface area contributed by atoms with E-state index >= 15 is 0 Å². The molecule has 0 aromatic heterocycles. The van der Waals surface area contributed by atoms with E-state index in [1.165, 1.54) is 32.1 Å². The molecular weight excluding hydrogens is 288 g/mol. The van der Waals surface area contributed by atoms with E-state index in [0.29, 0.717) is 6.42 Å². The van der Waals surface area contributed by atoms with Gasteiger partial charge in [-0.25, -0.2) is 8.78 Å². The Labute approximate surface area is 124 Å². The van der Waals surface area contributed by atoms with Gasteiger partial charge in [0.15, 0.2) is 0 Å². The van der Waals surface area contributed by atoms with Crippen LogP contribution in [0.25, 0.3) is 0 Å². The number of hydrogen-bond donors (Lipinski definition) is 1. The number of unbranched alkanes of at least 4 members (excludes halogenated alkanes) is 7. The van der Waals surface area contributed by atoms with Crippen molar-refractivity contribution < 1.29 is 27.4 Å². The van der Waals surface area contributed by atoms with Crippen molar-refractivity contribution in [1.29, 1.82) is 0 Å². The van der Waals surface area contributed by atoms with E-state index in [-0.39, 0.29) is 6.61 Å². The van der Waals surface area contributed by atoms with E-state index in [1.807, 2.05) is 0 Å². The van der Waals surface area contributed by atoms with Gasteiger partial charge in [0.05, 0.1) is 12.7 Å². The van der Waals surface area contributed by atoms with Crippen LogP contribution in [-0.2, 0) is 4.74 Å². The summed E-state index contributed by atoms with van der Waals surface area (Å²) in [6.07, 6.45) is 4.87. The number of ether oxygens (including phenoxy) is 1. The van der Waals surface area contributed by atoms with Crippen molar-refractivity contribution in [3.8, 4) is 0 Å². The normalized spacial score (nSPS) is 13.9. The summed E-state index contributed by atoms with van der Waals surface area (Å²) in [5.41, 5.74) is 0. The summed E-state index contributed by atoms with van der Waals surface area (Å²) in [5, 5.41) is 9.50. The highest BCUT2D eigenvalue weighted by Gasteiger charge is 2.41. The molecule has 21 heavy (non-hydrogen) atoms. The fraction of sp³-hybridized carbons (Fsp3) is 1.00. The molecule has 0 aromatic rings. The summed E-state index contributed by atoms with van der Waals surface area (Å²) in [6, 6.07) is 0. The van der Waals surface area contributed by atoms with Crippen LogP contribution < -0.4 is 0 Å². The zero-order valence-electron chi connectivity index (χ0n) is 12.8. The lowest BCUT2D eigenvalue weighted by atomic mass is 10.1. The van der Waals surface area contributed by atoms with E-state index in [9.17, 15) is 22.7 Å². The van der Waals surface area contributed by atoms with Crippen LogP contribution in [0, 0.1) is 0 Å². The van der Waals surface area contributed by atoms with E-state index < -0.39 is 25.1 Å². The van der Waals surface area contributed by atoms with Gasteiger partial charge in [0.2, 0.25) is 0 Å². The topological polar surface area (TPSA) is 29.5 Å². The average Bonchev–Trinajstić information content (AvgIpc) is 2.41. The third-order valence-electron chi connectivity index (χ3n) is 3.31. The SMILES string of the molecule is CCCCCCCCCCC(O)COCC(F)(F)C(F)F. The zero-order chi connectivity index (χ0) is 16.1. The molecule has 0 aliphatic rings. The third kappa shape index (κ3) is 11.9. The fourth-order valence-electron chi connectivity index (χ4n) is 1.99. The molecule has 0 amide bonds. The van der Waals surface area contributed by atoms with E-state index in [0.717, 1.165) is 19.3 Å². The number of rotatable bonds is 14. The second kappa shape index (κ2) is 12.2. The molecule has 128 valence electrons. The van der Waals surface area contributed by atoms with Crippen LogP contribution >= 0.6 is 0 Å². The molecule has 0 rings (SSSR count). The molecule has 0 fully saturated rings. The van der Waals surface area contributed by atoms with Crippen molar-refractivity contribution in [2.24, 2.45) is 0 Å². The quantitative estimate of drug-likeness (QED) is 0.368. The Morgan fingerprint density at radius 2 is 1.48 bits per heavy atom. The molecule has 1 N–H and O–H groups in total. The number of aliphatic hydroxyl groups excluding tert-OH is 1. The molecular formula is C15H28F4O2. The van der Waals surface area contributed by atoms with Crippen molar-refractivity contribution in [2.75, 3.05) is 13.2 Å². The van der Waals surface area contributed by atoms with Gasteiger partial charge in [-0.2, -0.15) is 8.78 Å². The summed E-state index contributed by atoms with van der Waals surface area (Å²) in [6.45, 7) is 0.499. The third-order valence-corrected chi connectivity index (χ3v) is 3.31. The first-order chi connectivity index (χ1) is 9.90. The Morgan fingerprint density at radius 1 is 0.952 bits per heavy atom. The Balaban J connectivity index is 3.41. The lowest BCUT2D eigenvalue weighted by Gasteiger charge is -2.17. The molecule has 0 aromatic carbocycles. The summed E-state index contributed by atoms with van der Waals surface area (Å²) in [5.74, 6) is -4.14. The van der Waals surface area contributed by atoms with Gasteiger partial charge < -0.3 is 9.84 Å². The second-order valence-corrected chi connectivity index (χ2v) is 5.49. The van der Waals surface area contributed by atoms with Crippen LogP contribution in [0.2, 0.25) is 0 Å². The van der Waals surface area contributed by atoms with Gasteiger partial charge in [-0.3, -0.25) is 0 Å². The fourth-order valence-corrected chi connectivity index (χ4v) is 1.99. The van der Waals surface area contributed by atoms with Gasteiger partial charge in [-0.15, -0.1) is 0 Å². The van der Waals surface area contributed by atoms with Crippen LogP contribution in [0.1, 0.15) is 64.7 Å². The Morgan fingerprint density at radius 3 is 2.00 bits per heavy atom. The Hall–Kier alpha value is -0.360. The van der Waals surface area contributed by atoms with Gasteiger partial charge >= 0.3 is 12.3 Å². The second-order valence-electron chi connectivity index (χ2n) is 5.49. The van der Waals surface area contributed by atoms with Gasteiger partial charge in [-0.1, -0.05) is 58.3 Å². The van der Waals surface area contributed by atoms with Crippen LogP contribution in [0.3, 0.4) is 0 Å². The predicted molar refractivity (Wildman–Crippen MR) is 75.0 cm³/mol. The summed E-state index contributed by atoms with van der Waals surface area (Å²) in [7, 11) is 0. The number of hydrogen-bond acceptors (Lipinski definition) is 2. The van der Waals surface area contributed by atoms with E-state index in [2.05, 4.69) is 11.7 Å².